The Morgan fingerprint density at radius 3 is 2.72 bits per heavy atom. The van der Waals surface area contributed by atoms with Crippen molar-refractivity contribution in [2.24, 2.45) is 5.84 Å². The van der Waals surface area contributed by atoms with Crippen LogP contribution in [0.5, 0.6) is 0 Å². The Labute approximate surface area is 110 Å². The summed E-state index contributed by atoms with van der Waals surface area (Å²) in [6.07, 6.45) is 6.05. The summed E-state index contributed by atoms with van der Waals surface area (Å²) in [7, 11) is 0. The Bertz CT molecular complexity index is 344. The van der Waals surface area contributed by atoms with Gasteiger partial charge in [0.25, 0.3) is 0 Å². The fourth-order valence-electron chi connectivity index (χ4n) is 2.56. The largest absolute Gasteiger partial charge is 0.378 e. The van der Waals surface area contributed by atoms with E-state index in [0.29, 0.717) is 6.10 Å². The summed E-state index contributed by atoms with van der Waals surface area (Å²) in [6.45, 7) is 3.10. The Morgan fingerprint density at radius 2 is 2.17 bits per heavy atom. The van der Waals surface area contributed by atoms with E-state index in [9.17, 15) is 0 Å². The third kappa shape index (κ3) is 3.55. The van der Waals surface area contributed by atoms with E-state index in [0.717, 1.165) is 25.9 Å². The molecular weight excluding hydrogens is 224 g/mol. The number of hydrogen-bond acceptors (Lipinski definition) is 3. The van der Waals surface area contributed by atoms with E-state index < -0.39 is 0 Å². The van der Waals surface area contributed by atoms with E-state index >= 15 is 0 Å². The second kappa shape index (κ2) is 6.88. The molecule has 1 aliphatic heterocycles. The van der Waals surface area contributed by atoms with Crippen LogP contribution in [-0.2, 0) is 11.2 Å². The van der Waals surface area contributed by atoms with Crippen molar-refractivity contribution >= 4 is 0 Å². The monoisotopic (exact) mass is 248 g/mol. The van der Waals surface area contributed by atoms with Crippen molar-refractivity contribution in [3.05, 3.63) is 35.4 Å². The molecule has 2 unspecified atom stereocenters. The molecular formula is C15H24N2O. The molecule has 3 nitrogen and oxygen atoms in total. The number of hydrogen-bond donors (Lipinski definition) is 2. The lowest BCUT2D eigenvalue weighted by atomic mass is 9.98. The molecule has 1 saturated heterocycles. The number of benzene rings is 1. The molecule has 3 heteroatoms. The lowest BCUT2D eigenvalue weighted by molar-refractivity contribution is 0.0996. The Morgan fingerprint density at radius 1 is 1.39 bits per heavy atom. The molecule has 0 aromatic heterocycles. The molecule has 1 aliphatic rings. The smallest absolute Gasteiger partial charge is 0.0576 e. The maximum atomic E-state index is 5.67. The van der Waals surface area contributed by atoms with Crippen LogP contribution in [0.15, 0.2) is 24.3 Å². The van der Waals surface area contributed by atoms with Gasteiger partial charge < -0.3 is 4.74 Å². The van der Waals surface area contributed by atoms with Crippen LogP contribution in [0.4, 0.5) is 0 Å². The molecule has 1 heterocycles. The fourth-order valence-corrected chi connectivity index (χ4v) is 2.56. The number of nitrogens with two attached hydrogens (primary N) is 1. The first kappa shape index (κ1) is 13.5. The van der Waals surface area contributed by atoms with Gasteiger partial charge in [-0.25, -0.2) is 0 Å². The molecule has 1 fully saturated rings. The van der Waals surface area contributed by atoms with Gasteiger partial charge in [0.1, 0.15) is 0 Å². The van der Waals surface area contributed by atoms with Gasteiger partial charge in [-0.1, -0.05) is 31.2 Å². The molecule has 0 amide bonds. The van der Waals surface area contributed by atoms with E-state index in [1.165, 1.54) is 24.0 Å². The highest BCUT2D eigenvalue weighted by Crippen LogP contribution is 2.23. The molecule has 2 atom stereocenters. The third-order valence-corrected chi connectivity index (χ3v) is 3.79. The van der Waals surface area contributed by atoms with Crippen LogP contribution in [0.3, 0.4) is 0 Å². The van der Waals surface area contributed by atoms with Gasteiger partial charge in [0, 0.05) is 12.6 Å². The highest BCUT2D eigenvalue weighted by molar-refractivity contribution is 5.24. The van der Waals surface area contributed by atoms with Crippen molar-refractivity contribution in [2.45, 2.75) is 51.2 Å². The van der Waals surface area contributed by atoms with Crippen molar-refractivity contribution in [1.29, 1.82) is 0 Å². The topological polar surface area (TPSA) is 47.3 Å². The van der Waals surface area contributed by atoms with Gasteiger partial charge in [0.15, 0.2) is 0 Å². The van der Waals surface area contributed by atoms with Gasteiger partial charge in [0.05, 0.1) is 6.10 Å². The zero-order valence-electron chi connectivity index (χ0n) is 11.2. The summed E-state index contributed by atoms with van der Waals surface area (Å²) in [5, 5.41) is 0. The molecule has 0 bridgehead atoms. The zero-order valence-corrected chi connectivity index (χ0v) is 11.2. The van der Waals surface area contributed by atoms with Gasteiger partial charge >= 0.3 is 0 Å². The molecule has 1 aromatic rings. The van der Waals surface area contributed by atoms with Gasteiger partial charge in [-0.15, -0.1) is 0 Å². The predicted molar refractivity (Wildman–Crippen MR) is 74.1 cm³/mol. The van der Waals surface area contributed by atoms with Gasteiger partial charge in [-0.2, -0.15) is 0 Å². The maximum absolute atomic E-state index is 5.67. The van der Waals surface area contributed by atoms with Gasteiger partial charge in [-0.05, 0) is 43.2 Å². The molecule has 0 radical (unpaired) electrons. The summed E-state index contributed by atoms with van der Waals surface area (Å²) in [6, 6.07) is 8.97. The van der Waals surface area contributed by atoms with E-state index in [1.807, 2.05) is 0 Å². The average Bonchev–Trinajstić information content (AvgIpc) is 2.93. The Kier molecular flexibility index (Phi) is 5.17. The molecule has 0 spiro atoms. The van der Waals surface area contributed by atoms with E-state index in [-0.39, 0.29) is 6.04 Å². The minimum Gasteiger partial charge on any atom is -0.378 e. The molecule has 100 valence electrons. The Hall–Kier alpha value is -0.900. The highest BCUT2D eigenvalue weighted by Gasteiger charge is 2.18. The molecule has 1 aromatic carbocycles. The van der Waals surface area contributed by atoms with Crippen molar-refractivity contribution in [3.8, 4) is 0 Å². The highest BCUT2D eigenvalue weighted by atomic mass is 16.5. The van der Waals surface area contributed by atoms with Crippen LogP contribution in [-0.4, -0.2) is 12.7 Å². The minimum absolute atomic E-state index is 0.236. The van der Waals surface area contributed by atoms with Crippen molar-refractivity contribution < 1.29 is 4.74 Å². The lowest BCUT2D eigenvalue weighted by Gasteiger charge is -2.18. The minimum atomic E-state index is 0.236. The summed E-state index contributed by atoms with van der Waals surface area (Å²) in [5.41, 5.74) is 5.56. The fraction of sp³-hybridized carbons (Fsp3) is 0.600. The number of hydrazine groups is 1. The van der Waals surface area contributed by atoms with Crippen molar-refractivity contribution in [3.63, 3.8) is 0 Å². The SMILES string of the molecule is CCc1ccc(C(CCC2CCCO2)NN)cc1. The summed E-state index contributed by atoms with van der Waals surface area (Å²) in [4.78, 5) is 0. The normalized spacial score (nSPS) is 21.1. The predicted octanol–water partition coefficient (Wildman–Crippen LogP) is 2.71. The first-order valence-electron chi connectivity index (χ1n) is 7.00. The maximum Gasteiger partial charge on any atom is 0.0576 e. The van der Waals surface area contributed by atoms with Crippen molar-refractivity contribution in [1.82, 2.24) is 5.43 Å². The lowest BCUT2D eigenvalue weighted by Crippen LogP contribution is -2.28. The number of aryl methyl sites for hydroxylation is 1. The second-order valence-corrected chi connectivity index (χ2v) is 5.03. The molecule has 3 N–H and O–H groups in total. The van der Waals surface area contributed by atoms with E-state index in [1.54, 1.807) is 0 Å². The average molecular weight is 248 g/mol. The van der Waals surface area contributed by atoms with Crippen LogP contribution in [0.2, 0.25) is 0 Å². The zero-order chi connectivity index (χ0) is 12.8. The molecule has 0 aliphatic carbocycles. The summed E-state index contributed by atoms with van der Waals surface area (Å²) < 4.78 is 5.65. The Balaban J connectivity index is 1.89. The van der Waals surface area contributed by atoms with Crippen LogP contribution in [0.1, 0.15) is 49.8 Å². The van der Waals surface area contributed by atoms with Crippen LogP contribution in [0, 0.1) is 0 Å². The van der Waals surface area contributed by atoms with E-state index in [2.05, 4.69) is 36.6 Å². The van der Waals surface area contributed by atoms with Crippen molar-refractivity contribution in [2.75, 3.05) is 6.61 Å². The standard InChI is InChI=1S/C15H24N2O/c1-2-12-5-7-13(8-6-12)15(17-16)10-9-14-4-3-11-18-14/h5-8,14-15,17H,2-4,9-11,16H2,1H3. The second-order valence-electron chi connectivity index (χ2n) is 5.03. The quantitative estimate of drug-likeness (QED) is 0.601. The molecule has 18 heavy (non-hydrogen) atoms. The number of rotatable bonds is 6. The first-order valence-corrected chi connectivity index (χ1v) is 7.00. The molecule has 0 saturated carbocycles. The number of nitrogens with one attached hydrogen (secondary N) is 1. The summed E-state index contributed by atoms with van der Waals surface area (Å²) in [5.74, 6) is 5.67. The van der Waals surface area contributed by atoms with Gasteiger partial charge in [-0.3, -0.25) is 11.3 Å². The molecule has 2 rings (SSSR count). The summed E-state index contributed by atoms with van der Waals surface area (Å²) >= 11 is 0. The number of ether oxygens (including phenoxy) is 1. The van der Waals surface area contributed by atoms with Crippen LogP contribution < -0.4 is 11.3 Å². The van der Waals surface area contributed by atoms with Crippen LogP contribution in [0.25, 0.3) is 0 Å². The van der Waals surface area contributed by atoms with Crippen LogP contribution >= 0.6 is 0 Å². The third-order valence-electron chi connectivity index (χ3n) is 3.79. The van der Waals surface area contributed by atoms with Gasteiger partial charge in [0.2, 0.25) is 0 Å². The first-order chi connectivity index (χ1) is 8.83. The van der Waals surface area contributed by atoms with E-state index in [4.69, 9.17) is 10.6 Å².